The van der Waals surface area contributed by atoms with E-state index in [1.165, 1.54) is 138 Å². The Morgan fingerprint density at radius 3 is 1.10 bits per heavy atom. The lowest BCUT2D eigenvalue weighted by molar-refractivity contribution is -0.149. The smallest absolute Gasteiger partial charge is 0.323 e. The Bertz CT molecular complexity index is 6080. The first-order valence-electron chi connectivity index (χ1n) is 48.0. The molecule has 8 unspecified atom stereocenters. The quantitative estimate of drug-likeness (QED) is 0.00554. The largest absolute Gasteiger partial charge is 0.462 e. The van der Waals surface area contributed by atoms with Crippen LogP contribution in [-0.4, -0.2) is 309 Å². The van der Waals surface area contributed by atoms with Crippen LogP contribution in [0.3, 0.4) is 0 Å². The Morgan fingerprint density at radius 2 is 0.772 bits per heavy atom. The second kappa shape index (κ2) is 52.6. The summed E-state index contributed by atoms with van der Waals surface area (Å²) in [6, 6.07) is 6.03. The summed E-state index contributed by atoms with van der Waals surface area (Å²) < 4.78 is 185. The van der Waals surface area contributed by atoms with Gasteiger partial charge in [0.15, 0.2) is 101 Å². The molecule has 0 aliphatic carbocycles. The first-order chi connectivity index (χ1) is 69.7. The van der Waals surface area contributed by atoms with Crippen LogP contribution in [0.15, 0.2) is 85.3 Å². The number of amidine groups is 1. The van der Waals surface area contributed by atoms with Crippen LogP contribution in [0.1, 0.15) is 175 Å². The first-order valence-corrected chi connectivity index (χ1v) is 57.0. The predicted octanol–water partition coefficient (Wildman–Crippen LogP) is 11.4. The van der Waals surface area contributed by atoms with Crippen molar-refractivity contribution in [3.63, 3.8) is 0 Å². The van der Waals surface area contributed by atoms with Gasteiger partial charge in [-0.2, -0.15) is 19.9 Å². The lowest BCUT2D eigenvalue weighted by atomic mass is 9.82. The summed E-state index contributed by atoms with van der Waals surface area (Å²) in [5.41, 5.74) is 2.33. The fourth-order valence-electron chi connectivity index (χ4n) is 15.9. The number of halogens is 6. The number of nitrogens with two attached hydrogens (primary N) is 1. The monoisotopic (exact) mass is 2220 g/mol. The Morgan fingerprint density at radius 1 is 0.463 bits per heavy atom. The van der Waals surface area contributed by atoms with Crippen LogP contribution in [0.4, 0.5) is 35.0 Å². The van der Waals surface area contributed by atoms with Crippen molar-refractivity contribution in [3.8, 4) is 0 Å². The van der Waals surface area contributed by atoms with E-state index in [2.05, 4.69) is 92.7 Å². The van der Waals surface area contributed by atoms with Gasteiger partial charge in [0.25, 0.3) is 30.1 Å². The number of hydrogen-bond acceptors (Lipinski definition) is 39. The number of rotatable bonds is 45. The fourth-order valence-corrected chi connectivity index (χ4v) is 21.4. The number of alkyl halides is 4. The third-order valence-corrected chi connectivity index (χ3v) is 30.8. The SMILES string of the molecule is C=C1N=C(N)C=CN1[C@H]1O[C@H](COP(C)(=O)N[C@@H](C)C(=O)OC(C)C)[C@](C)(CO)C1F.CC(C)OC(=O)[C@H](C)NP(C)(=O)OC[C@H]1O[C@@H](n2cnc3c(NCc4ccccc4)nc(Cl)nc32)C(F)[C@@]1(C)CO.CCCC(=O)Nc1nc(Cl)nc2c1ncn2[C@@H]1O[C@H](COP(C)(=O)N[C@@H](C)C(=O)OC(C)C)[C@](C)(CO)C1F.CCCC(=O)Nc1ncnc2c1ncn2[C@@H]1O[C@H](COP(C)(=O)N[C@@H](C)C(=O)OC(C)C)[C@](C)(CO)C1F. The number of anilines is 3. The van der Waals surface area contributed by atoms with Crippen molar-refractivity contribution in [1.82, 2.24) is 83.8 Å². The second-order valence-corrected chi connectivity index (χ2v) is 48.2. The highest BCUT2D eigenvalue weighted by Gasteiger charge is 2.60. The average Bonchev–Trinajstić information content (AvgIpc) is 1.59. The summed E-state index contributed by atoms with van der Waals surface area (Å²) in [6.07, 6.45) is -7.15. The van der Waals surface area contributed by atoms with Gasteiger partial charge in [0.1, 0.15) is 42.2 Å². The Balaban J connectivity index is 0.000000222. The van der Waals surface area contributed by atoms with Gasteiger partial charge >= 0.3 is 23.9 Å². The van der Waals surface area contributed by atoms with Crippen LogP contribution in [0, 0.1) is 21.7 Å². The van der Waals surface area contributed by atoms with E-state index in [0.717, 1.165) is 5.56 Å². The maximum Gasteiger partial charge on any atom is 0.323 e. The van der Waals surface area contributed by atoms with Crippen molar-refractivity contribution in [1.29, 1.82) is 0 Å². The molecule has 2 amide bonds. The molecule has 0 saturated carbocycles. The molecular formula is C91H138Cl2F4N22O26P4. The molecule has 11 heterocycles. The Labute approximate surface area is 869 Å². The number of aromatic nitrogens is 12. The zero-order chi connectivity index (χ0) is 111. The molecule has 5 aliphatic rings. The lowest BCUT2D eigenvalue weighted by Gasteiger charge is -2.31. The van der Waals surface area contributed by atoms with E-state index in [-0.39, 0.29) is 131 Å². The van der Waals surface area contributed by atoms with Gasteiger partial charge < -0.3 is 103 Å². The molecule has 5 aliphatic heterocycles. The van der Waals surface area contributed by atoms with Crippen LogP contribution >= 0.6 is 53.3 Å². The number of hydrogen-bond donors (Lipinski definition) is 12. The maximum absolute atomic E-state index is 16.0. The molecule has 48 nitrogen and oxygen atoms in total. The fraction of sp³-hybridized carbons (Fsp3) is 0.648. The standard InChI is InChI=1S/C26H35ClFN6O6P.C23H35ClFN6O7P.C23H36FN6O7P.C19H32FN4O6P/c1-15(2)39-24(36)16(3)33-41(5,37)38-12-18-26(4,13-35)20(28)23(40-18)34-14-30-19-21(31-25(27)32-22(19)34)29-11-17-9-7-6-8-10-17;1-7-8-15(33)27-18-16-19(29-22(24)28-18)31(11-26-16)20-17(25)23(5,10-32)14(38-20)9-36-39(6,35)30-13(4)21(34)37-12(2)3;1-7-8-16(32)28-19-17-20(26-11-25-19)30(12-27-17)21-18(24)23(5,10-31)15(37-21)9-35-38(6,34)29-14(4)22(33)36-13(2)3;1-11(2)29-18(26)12(3)23-31(6,27)28-9-14-19(5,10-25)16(20)17(30-14)24-8-7-15(21)22-13(24)4/h6-10,14-16,18,20,23,35H,11-13H2,1-5H3,(H,33,37)(H,29,31,32);11-14,17,20,32H,7-10H2,1-6H3,(H,30,35)(H,27,28,29,33);11-15,18,21,31H,7-10H2,1-6H3,(H,29,34)(H,25,26,28,32);7-8,11-12,14,16-17,25H,4,9-10H2,1-3,5-6H3,(H2,21,22)(H,23,27)/t16-,18+,20?,23+,26-,41?;13-,14+,17?,20+,23-,39?;14-,15+,18?,21+,23-,38?;12-,14+,16?,17-,19-,31?/m0000/s1. The summed E-state index contributed by atoms with van der Waals surface area (Å²) in [5, 5.41) is 59.0. The number of benzene rings is 1. The summed E-state index contributed by atoms with van der Waals surface area (Å²) >= 11 is 12.3. The molecule has 7 aromatic rings. The number of nitrogens with zero attached hydrogens (tertiary/aromatic N) is 14. The number of aliphatic hydroxyl groups excluding tert-OH is 4. The number of nitrogens with one attached hydrogen (secondary N) is 7. The summed E-state index contributed by atoms with van der Waals surface area (Å²) in [4.78, 5) is 116. The first kappa shape index (κ1) is 123. The average molecular weight is 2230 g/mol. The van der Waals surface area contributed by atoms with Crippen LogP contribution in [0.2, 0.25) is 10.6 Å². The molecule has 6 aromatic heterocycles. The molecule has 4 fully saturated rings. The minimum atomic E-state index is -3.57. The highest BCUT2D eigenvalue weighted by Crippen LogP contribution is 2.54. The second-order valence-electron chi connectivity index (χ2n) is 38.7. The van der Waals surface area contributed by atoms with E-state index in [1.54, 1.807) is 55.4 Å². The summed E-state index contributed by atoms with van der Waals surface area (Å²) in [6.45, 7) is 35.0. The number of aliphatic imine (C=N–C) groups is 1. The number of fused-ring (bicyclic) bond motifs is 3. The molecule has 12 rings (SSSR count). The molecule has 1 aromatic carbocycles. The van der Waals surface area contributed by atoms with Crippen LogP contribution in [-0.2, 0) is 110 Å². The minimum Gasteiger partial charge on any atom is -0.462 e. The van der Waals surface area contributed by atoms with E-state index < -0.39 is 200 Å². The molecule has 0 bridgehead atoms. The molecular weight excluding hydrogens is 2090 g/mol. The predicted molar refractivity (Wildman–Crippen MR) is 543 cm³/mol. The van der Waals surface area contributed by atoms with E-state index >= 15 is 17.6 Å². The molecule has 830 valence electrons. The zero-order valence-corrected chi connectivity index (χ0v) is 92.1. The van der Waals surface area contributed by atoms with Crippen LogP contribution in [0.5, 0.6) is 0 Å². The van der Waals surface area contributed by atoms with E-state index in [0.29, 0.717) is 37.1 Å². The number of amides is 2. The molecule has 149 heavy (non-hydrogen) atoms. The van der Waals surface area contributed by atoms with Crippen LogP contribution in [0.25, 0.3) is 33.5 Å². The summed E-state index contributed by atoms with van der Waals surface area (Å²) in [5.74, 6) is -1.84. The van der Waals surface area contributed by atoms with Gasteiger partial charge in [-0.15, -0.1) is 0 Å². The topological polar surface area (TPSA) is 619 Å². The van der Waals surface area contributed by atoms with Crippen molar-refractivity contribution in [3.05, 3.63) is 96.4 Å². The van der Waals surface area contributed by atoms with Gasteiger partial charge in [-0.3, -0.25) is 60.7 Å². The molecule has 58 heteroatoms. The molecule has 0 radical (unpaired) electrons. The number of aliphatic hydroxyl groups is 4. The van der Waals surface area contributed by atoms with Gasteiger partial charge in [-0.05, 0) is 131 Å². The Hall–Kier alpha value is -9.18. The van der Waals surface area contributed by atoms with Gasteiger partial charge in [0.2, 0.25) is 22.4 Å². The minimum absolute atomic E-state index is 0.0727. The molecule has 24 atom stereocenters. The van der Waals surface area contributed by atoms with Crippen molar-refractivity contribution in [2.75, 3.05) is 95.5 Å². The lowest BCUT2D eigenvalue weighted by Crippen LogP contribution is -2.44. The number of esters is 4. The molecule has 4 saturated heterocycles. The van der Waals surface area contributed by atoms with E-state index in [4.69, 9.17) is 84.9 Å². The van der Waals surface area contributed by atoms with E-state index in [1.807, 2.05) is 44.2 Å². The van der Waals surface area contributed by atoms with Gasteiger partial charge in [-0.1, -0.05) is 78.5 Å². The molecule has 0 spiro atoms. The number of imidazole rings is 3. The van der Waals surface area contributed by atoms with Crippen molar-refractivity contribution >= 4 is 146 Å². The van der Waals surface area contributed by atoms with E-state index in [9.17, 15) is 67.5 Å². The highest BCUT2D eigenvalue weighted by molar-refractivity contribution is 7.57. The number of carbonyl (C=O) groups is 6. The third kappa shape index (κ3) is 31.4. The van der Waals surface area contributed by atoms with Crippen molar-refractivity contribution in [2.24, 2.45) is 32.4 Å². The summed E-state index contributed by atoms with van der Waals surface area (Å²) in [7, 11) is -14.1. The highest BCUT2D eigenvalue weighted by atomic mass is 35.5. The van der Waals surface area contributed by atoms with Gasteiger partial charge in [0.05, 0.1) is 142 Å². The maximum atomic E-state index is 16.0. The zero-order valence-electron chi connectivity index (χ0n) is 87.0. The van der Waals surface area contributed by atoms with Crippen LogP contribution < -0.4 is 42.0 Å². The number of carbonyl (C=O) groups excluding carboxylic acids is 6. The third-order valence-electron chi connectivity index (χ3n) is 24.4. The van der Waals surface area contributed by atoms with Gasteiger partial charge in [0, 0.05) is 52.2 Å². The Kier molecular flexibility index (Phi) is 43.6. The van der Waals surface area contributed by atoms with Crippen molar-refractivity contribution in [2.45, 2.75) is 279 Å². The van der Waals surface area contributed by atoms with Gasteiger partial charge in [-0.25, -0.2) is 67.8 Å². The molecule has 13 N–H and O–H groups in total. The number of ether oxygens (including phenoxy) is 8. The van der Waals surface area contributed by atoms with Crippen molar-refractivity contribution < 1.29 is 141 Å². The normalized spacial score (nSPS) is 26.7.